The molecule has 21 heavy (non-hydrogen) atoms. The number of nitrogens with one attached hydrogen (secondary N) is 1. The first-order chi connectivity index (χ1) is 10.2. The minimum Gasteiger partial charge on any atom is -0.485 e. The van der Waals surface area contributed by atoms with Gasteiger partial charge in [0.2, 0.25) is 0 Å². The fourth-order valence-electron chi connectivity index (χ4n) is 1.63. The molecule has 7 heteroatoms. The van der Waals surface area contributed by atoms with Gasteiger partial charge in [-0.05, 0) is 17.7 Å². The van der Waals surface area contributed by atoms with E-state index in [1.807, 2.05) is 0 Å². The lowest BCUT2D eigenvalue weighted by Crippen LogP contribution is -2.19. The predicted octanol–water partition coefficient (Wildman–Crippen LogP) is 1.09. The van der Waals surface area contributed by atoms with E-state index in [1.54, 1.807) is 7.11 Å². The summed E-state index contributed by atoms with van der Waals surface area (Å²) in [5.74, 6) is -1.91. The third-order valence-electron chi connectivity index (χ3n) is 2.58. The van der Waals surface area contributed by atoms with Crippen LogP contribution in [0.25, 0.3) is 0 Å². The average molecular weight is 305 g/mol. The molecule has 2 N–H and O–H groups in total. The number of methoxy groups -OCH3 is 1. The fourth-order valence-corrected chi connectivity index (χ4v) is 1.63. The second-order valence-corrected chi connectivity index (χ2v) is 4.24. The maximum absolute atomic E-state index is 13.8. The van der Waals surface area contributed by atoms with Crippen molar-refractivity contribution in [3.8, 4) is 5.75 Å². The van der Waals surface area contributed by atoms with Crippen LogP contribution in [0.1, 0.15) is 5.56 Å². The standard InChI is InChI=1S/C14H21F2NO4/c1-19-4-2-17-10-11-8-12(15)14(13(16)9-11)21-7-6-20-5-3-18/h8-9,17-18H,2-7,10H2,1H3. The van der Waals surface area contributed by atoms with Gasteiger partial charge in [0.25, 0.3) is 0 Å². The highest BCUT2D eigenvalue weighted by Crippen LogP contribution is 2.23. The molecule has 0 radical (unpaired) electrons. The van der Waals surface area contributed by atoms with Gasteiger partial charge in [-0.1, -0.05) is 0 Å². The van der Waals surface area contributed by atoms with E-state index >= 15 is 0 Å². The highest BCUT2D eigenvalue weighted by atomic mass is 19.1. The zero-order valence-corrected chi connectivity index (χ0v) is 12.0. The largest absolute Gasteiger partial charge is 0.485 e. The van der Waals surface area contributed by atoms with Gasteiger partial charge >= 0.3 is 0 Å². The lowest BCUT2D eigenvalue weighted by Gasteiger charge is -2.11. The number of benzene rings is 1. The second-order valence-electron chi connectivity index (χ2n) is 4.24. The summed E-state index contributed by atoms with van der Waals surface area (Å²) in [5.41, 5.74) is 0.491. The Kier molecular flexibility index (Phi) is 8.84. The molecule has 1 aromatic rings. The number of aliphatic hydroxyl groups excluding tert-OH is 1. The van der Waals surface area contributed by atoms with Crippen LogP contribution >= 0.6 is 0 Å². The first-order valence-electron chi connectivity index (χ1n) is 6.68. The summed E-state index contributed by atoms with van der Waals surface area (Å²) in [4.78, 5) is 0. The molecule has 120 valence electrons. The number of hydrogen-bond donors (Lipinski definition) is 2. The van der Waals surface area contributed by atoms with Crippen molar-refractivity contribution in [2.45, 2.75) is 6.54 Å². The van der Waals surface area contributed by atoms with Gasteiger partial charge in [0.05, 0.1) is 26.4 Å². The Bertz CT molecular complexity index is 395. The summed E-state index contributed by atoms with van der Waals surface area (Å²) in [7, 11) is 1.58. The highest BCUT2D eigenvalue weighted by Gasteiger charge is 2.12. The Morgan fingerprint density at radius 3 is 2.43 bits per heavy atom. The Balaban J connectivity index is 2.46. The van der Waals surface area contributed by atoms with Crippen LogP contribution in [-0.2, 0) is 16.0 Å². The summed E-state index contributed by atoms with van der Waals surface area (Å²) < 4.78 is 42.3. The molecule has 0 bridgehead atoms. The molecule has 1 aromatic carbocycles. The highest BCUT2D eigenvalue weighted by molar-refractivity contribution is 5.31. The topological polar surface area (TPSA) is 60.0 Å². The molecule has 0 saturated heterocycles. The van der Waals surface area contributed by atoms with Crippen LogP contribution < -0.4 is 10.1 Å². The van der Waals surface area contributed by atoms with Crippen molar-refractivity contribution in [3.05, 3.63) is 29.3 Å². The van der Waals surface area contributed by atoms with Crippen LogP contribution in [0.15, 0.2) is 12.1 Å². The Morgan fingerprint density at radius 1 is 1.10 bits per heavy atom. The van der Waals surface area contributed by atoms with Gasteiger partial charge in [-0.3, -0.25) is 0 Å². The normalized spacial score (nSPS) is 10.9. The van der Waals surface area contributed by atoms with Crippen molar-refractivity contribution in [1.82, 2.24) is 5.32 Å². The SMILES string of the molecule is COCCNCc1cc(F)c(OCCOCCO)c(F)c1. The van der Waals surface area contributed by atoms with E-state index in [0.717, 1.165) is 0 Å². The van der Waals surface area contributed by atoms with E-state index in [2.05, 4.69) is 5.32 Å². The zero-order chi connectivity index (χ0) is 15.5. The Morgan fingerprint density at radius 2 is 1.81 bits per heavy atom. The van der Waals surface area contributed by atoms with Crippen molar-refractivity contribution < 1.29 is 28.1 Å². The molecule has 0 fully saturated rings. The van der Waals surface area contributed by atoms with Crippen molar-refractivity contribution in [3.63, 3.8) is 0 Å². The van der Waals surface area contributed by atoms with Gasteiger partial charge in [0.1, 0.15) is 6.61 Å². The molecule has 0 aliphatic rings. The third-order valence-corrected chi connectivity index (χ3v) is 2.58. The summed E-state index contributed by atoms with van der Waals surface area (Å²) in [5, 5.41) is 11.5. The van der Waals surface area contributed by atoms with Crippen LogP contribution in [0.5, 0.6) is 5.75 Å². The predicted molar refractivity (Wildman–Crippen MR) is 73.3 cm³/mol. The van der Waals surface area contributed by atoms with Gasteiger partial charge in [0.15, 0.2) is 17.4 Å². The van der Waals surface area contributed by atoms with Crippen molar-refractivity contribution >= 4 is 0 Å². The van der Waals surface area contributed by atoms with Crippen LogP contribution in [0.4, 0.5) is 8.78 Å². The maximum atomic E-state index is 13.8. The van der Waals surface area contributed by atoms with Crippen molar-refractivity contribution in [1.29, 1.82) is 0 Å². The first-order valence-corrected chi connectivity index (χ1v) is 6.68. The fraction of sp³-hybridized carbons (Fsp3) is 0.571. The van der Waals surface area contributed by atoms with Gasteiger partial charge < -0.3 is 24.6 Å². The molecule has 0 amide bonds. The Hall–Kier alpha value is -1.28. The summed E-state index contributed by atoms with van der Waals surface area (Å²) in [6.07, 6.45) is 0. The van der Waals surface area contributed by atoms with E-state index in [4.69, 9.17) is 19.3 Å². The monoisotopic (exact) mass is 305 g/mol. The van der Waals surface area contributed by atoms with Gasteiger partial charge in [0, 0.05) is 20.2 Å². The molecule has 0 spiro atoms. The van der Waals surface area contributed by atoms with E-state index in [9.17, 15) is 8.78 Å². The molecule has 0 aliphatic carbocycles. The number of ether oxygens (including phenoxy) is 3. The zero-order valence-electron chi connectivity index (χ0n) is 12.0. The molecule has 5 nitrogen and oxygen atoms in total. The lowest BCUT2D eigenvalue weighted by atomic mass is 10.2. The van der Waals surface area contributed by atoms with Gasteiger partial charge in [-0.25, -0.2) is 8.78 Å². The molecule has 0 heterocycles. The quantitative estimate of drug-likeness (QED) is 0.599. The van der Waals surface area contributed by atoms with Crippen molar-refractivity contribution in [2.75, 3.05) is 46.7 Å². The lowest BCUT2D eigenvalue weighted by molar-refractivity contribution is 0.0686. The van der Waals surface area contributed by atoms with Crippen LogP contribution in [0, 0.1) is 11.6 Å². The molecule has 0 aromatic heterocycles. The van der Waals surface area contributed by atoms with Crippen molar-refractivity contribution in [2.24, 2.45) is 0 Å². The smallest absolute Gasteiger partial charge is 0.190 e. The van der Waals surface area contributed by atoms with E-state index in [1.165, 1.54) is 12.1 Å². The number of rotatable bonds is 11. The van der Waals surface area contributed by atoms with Gasteiger partial charge in [-0.2, -0.15) is 0 Å². The average Bonchev–Trinajstić information content (AvgIpc) is 2.46. The Labute approximate surface area is 122 Å². The molecular weight excluding hydrogens is 284 g/mol. The summed E-state index contributed by atoms with van der Waals surface area (Å²) in [6, 6.07) is 2.46. The van der Waals surface area contributed by atoms with Crippen LogP contribution in [0.2, 0.25) is 0 Å². The molecule has 0 unspecified atom stereocenters. The van der Waals surface area contributed by atoms with E-state index < -0.39 is 17.4 Å². The minimum atomic E-state index is -0.749. The van der Waals surface area contributed by atoms with Crippen LogP contribution in [-0.4, -0.2) is 51.8 Å². The molecule has 0 aliphatic heterocycles. The first kappa shape index (κ1) is 17.8. The number of halogens is 2. The van der Waals surface area contributed by atoms with Gasteiger partial charge in [-0.15, -0.1) is 0 Å². The molecule has 0 atom stereocenters. The minimum absolute atomic E-state index is 0.0132. The maximum Gasteiger partial charge on any atom is 0.190 e. The second kappa shape index (κ2) is 10.4. The molecule has 0 saturated carbocycles. The third kappa shape index (κ3) is 6.81. The molecular formula is C14H21F2NO4. The van der Waals surface area contributed by atoms with E-state index in [0.29, 0.717) is 25.3 Å². The number of aliphatic hydroxyl groups is 1. The van der Waals surface area contributed by atoms with Crippen LogP contribution in [0.3, 0.4) is 0 Å². The summed E-state index contributed by atoms with van der Waals surface area (Å²) in [6.45, 7) is 1.70. The molecule has 1 rings (SSSR count). The van der Waals surface area contributed by atoms with E-state index in [-0.39, 0.29) is 26.4 Å². The number of hydrogen-bond acceptors (Lipinski definition) is 5. The summed E-state index contributed by atoms with van der Waals surface area (Å²) >= 11 is 0.